The van der Waals surface area contributed by atoms with E-state index >= 15 is 0 Å². The van der Waals surface area contributed by atoms with Gasteiger partial charge in [-0.05, 0) is 43.9 Å². The van der Waals surface area contributed by atoms with Crippen molar-refractivity contribution in [2.24, 2.45) is 11.3 Å². The van der Waals surface area contributed by atoms with Crippen LogP contribution in [-0.4, -0.2) is 76.0 Å². The minimum Gasteiger partial charge on any atom is -0.423 e. The van der Waals surface area contributed by atoms with E-state index in [2.05, 4.69) is 15.1 Å². The highest BCUT2D eigenvalue weighted by atomic mass is 16.4. The Balaban J connectivity index is 1.50. The largest absolute Gasteiger partial charge is 0.423 e. The number of amides is 2. The number of aromatic nitrogens is 2. The molecule has 1 atom stereocenters. The molecule has 4 rings (SSSR count). The van der Waals surface area contributed by atoms with E-state index < -0.39 is 0 Å². The predicted octanol–water partition coefficient (Wildman–Crippen LogP) is 3.22. The van der Waals surface area contributed by atoms with Gasteiger partial charge in [-0.15, -0.1) is 10.2 Å². The van der Waals surface area contributed by atoms with E-state index in [9.17, 15) is 9.59 Å². The molecule has 0 aromatic carbocycles. The smallest absolute Gasteiger partial charge is 0.236 e. The zero-order chi connectivity index (χ0) is 22.9. The molecule has 3 fully saturated rings. The molecular weight excluding hydrogens is 406 g/mol. The summed E-state index contributed by atoms with van der Waals surface area (Å²) in [5.74, 6) is 1.96. The van der Waals surface area contributed by atoms with Crippen LogP contribution in [0.25, 0.3) is 0 Å². The van der Waals surface area contributed by atoms with Crippen LogP contribution in [0, 0.1) is 11.3 Å². The molecule has 1 spiro atoms. The maximum absolute atomic E-state index is 13.1. The van der Waals surface area contributed by atoms with Gasteiger partial charge in [0.1, 0.15) is 0 Å². The molecule has 3 aliphatic rings. The Kier molecular flexibility index (Phi) is 6.89. The molecule has 0 N–H and O–H groups in total. The quantitative estimate of drug-likeness (QED) is 0.692. The first-order valence-electron chi connectivity index (χ1n) is 12.4. The SMILES string of the molecule is CC(C)C(=O)N1CCC2(CC1)CC(c1nnc(C(C)C)o1)N(CC(=O)N1CCCCC1)C2. The van der Waals surface area contributed by atoms with Gasteiger partial charge < -0.3 is 14.2 Å². The summed E-state index contributed by atoms with van der Waals surface area (Å²) in [6, 6.07) is -0.0314. The molecule has 3 aliphatic heterocycles. The van der Waals surface area contributed by atoms with E-state index in [0.717, 1.165) is 64.8 Å². The third-order valence-electron chi connectivity index (χ3n) is 7.52. The first-order chi connectivity index (χ1) is 15.3. The number of carbonyl (C=O) groups is 2. The zero-order valence-corrected chi connectivity index (χ0v) is 20.2. The van der Waals surface area contributed by atoms with Gasteiger partial charge in [-0.25, -0.2) is 0 Å². The minimum atomic E-state index is -0.0314. The molecule has 1 unspecified atom stereocenters. The molecule has 0 aliphatic carbocycles. The fourth-order valence-corrected chi connectivity index (χ4v) is 5.51. The van der Waals surface area contributed by atoms with Gasteiger partial charge in [0.25, 0.3) is 0 Å². The monoisotopic (exact) mass is 445 g/mol. The molecule has 1 aromatic heterocycles. The fraction of sp³-hybridized carbons (Fsp3) is 0.833. The van der Waals surface area contributed by atoms with Crippen LogP contribution in [0.15, 0.2) is 4.42 Å². The van der Waals surface area contributed by atoms with Crippen LogP contribution >= 0.6 is 0 Å². The first kappa shape index (κ1) is 23.2. The van der Waals surface area contributed by atoms with E-state index in [4.69, 9.17) is 4.42 Å². The fourth-order valence-electron chi connectivity index (χ4n) is 5.51. The van der Waals surface area contributed by atoms with Gasteiger partial charge >= 0.3 is 0 Å². The lowest BCUT2D eigenvalue weighted by molar-refractivity contribution is -0.136. The van der Waals surface area contributed by atoms with E-state index in [-0.39, 0.29) is 35.1 Å². The second-order valence-electron chi connectivity index (χ2n) is 10.7. The lowest BCUT2D eigenvalue weighted by atomic mass is 9.76. The number of likely N-dealkylation sites (tertiary alicyclic amines) is 3. The lowest BCUT2D eigenvalue weighted by Crippen LogP contribution is -2.46. The third kappa shape index (κ3) is 4.85. The van der Waals surface area contributed by atoms with Crippen molar-refractivity contribution in [3.63, 3.8) is 0 Å². The standard InChI is InChI=1S/C24H39N5O3/c1-17(2)21-25-26-22(32-21)19-14-24(8-12-28(13-9-24)23(31)18(3)4)16-29(19)15-20(30)27-10-6-5-7-11-27/h17-19H,5-16H2,1-4H3. The molecule has 0 bridgehead atoms. The molecule has 8 heteroatoms. The van der Waals surface area contributed by atoms with Crippen LogP contribution in [-0.2, 0) is 9.59 Å². The zero-order valence-electron chi connectivity index (χ0n) is 20.2. The second kappa shape index (κ2) is 9.49. The van der Waals surface area contributed by atoms with Crippen molar-refractivity contribution < 1.29 is 14.0 Å². The molecule has 2 amide bonds. The van der Waals surface area contributed by atoms with Crippen molar-refractivity contribution in [3.05, 3.63) is 11.8 Å². The van der Waals surface area contributed by atoms with E-state index in [1.165, 1.54) is 6.42 Å². The highest BCUT2D eigenvalue weighted by Gasteiger charge is 2.49. The molecule has 178 valence electrons. The minimum absolute atomic E-state index is 0.0314. The summed E-state index contributed by atoms with van der Waals surface area (Å²) in [7, 11) is 0. The molecular formula is C24H39N5O3. The highest BCUT2D eigenvalue weighted by molar-refractivity contribution is 5.79. The van der Waals surface area contributed by atoms with Crippen LogP contribution in [0.3, 0.4) is 0 Å². The number of nitrogens with zero attached hydrogens (tertiary/aromatic N) is 5. The number of hydrogen-bond acceptors (Lipinski definition) is 6. The Hall–Kier alpha value is -1.96. The van der Waals surface area contributed by atoms with Crippen molar-refractivity contribution in [2.75, 3.05) is 39.3 Å². The molecule has 0 radical (unpaired) electrons. The summed E-state index contributed by atoms with van der Waals surface area (Å²) >= 11 is 0. The van der Waals surface area contributed by atoms with Crippen molar-refractivity contribution in [2.45, 2.75) is 78.2 Å². The third-order valence-corrected chi connectivity index (χ3v) is 7.52. The van der Waals surface area contributed by atoms with Crippen LogP contribution in [0.1, 0.15) is 90.0 Å². The number of carbonyl (C=O) groups excluding carboxylic acids is 2. The van der Waals surface area contributed by atoms with E-state index in [1.807, 2.05) is 37.5 Å². The molecule has 8 nitrogen and oxygen atoms in total. The van der Waals surface area contributed by atoms with Crippen LogP contribution < -0.4 is 0 Å². The van der Waals surface area contributed by atoms with Crippen LogP contribution in [0.4, 0.5) is 0 Å². The topological polar surface area (TPSA) is 82.8 Å². The lowest BCUT2D eigenvalue weighted by Gasteiger charge is -2.40. The van der Waals surface area contributed by atoms with Crippen molar-refractivity contribution in [1.29, 1.82) is 0 Å². The Morgan fingerprint density at radius 2 is 1.69 bits per heavy atom. The average Bonchev–Trinajstić information content (AvgIpc) is 3.40. The predicted molar refractivity (Wildman–Crippen MR) is 121 cm³/mol. The first-order valence-corrected chi connectivity index (χ1v) is 12.4. The van der Waals surface area contributed by atoms with Gasteiger partial charge in [0, 0.05) is 44.6 Å². The van der Waals surface area contributed by atoms with E-state index in [1.54, 1.807) is 0 Å². The average molecular weight is 446 g/mol. The molecule has 32 heavy (non-hydrogen) atoms. The molecule has 1 aromatic rings. The summed E-state index contributed by atoms with van der Waals surface area (Å²) in [6.45, 7) is 12.6. The van der Waals surface area contributed by atoms with Crippen LogP contribution in [0.2, 0.25) is 0 Å². The van der Waals surface area contributed by atoms with Crippen LogP contribution in [0.5, 0.6) is 0 Å². The summed E-state index contributed by atoms with van der Waals surface area (Å²) < 4.78 is 6.06. The van der Waals surface area contributed by atoms with Crippen molar-refractivity contribution >= 4 is 11.8 Å². The molecule has 4 heterocycles. The Morgan fingerprint density at radius 3 is 2.28 bits per heavy atom. The van der Waals surface area contributed by atoms with Gasteiger partial charge in [-0.2, -0.15) is 0 Å². The Morgan fingerprint density at radius 1 is 1.00 bits per heavy atom. The van der Waals surface area contributed by atoms with Gasteiger partial charge in [0.15, 0.2) is 0 Å². The maximum Gasteiger partial charge on any atom is 0.236 e. The summed E-state index contributed by atoms with van der Waals surface area (Å²) in [5, 5.41) is 8.65. The Labute approximate surface area is 191 Å². The number of rotatable bonds is 5. The van der Waals surface area contributed by atoms with Crippen molar-refractivity contribution in [1.82, 2.24) is 24.9 Å². The van der Waals surface area contributed by atoms with Gasteiger partial charge in [0.05, 0.1) is 12.6 Å². The molecule has 0 saturated carbocycles. The summed E-state index contributed by atoms with van der Waals surface area (Å²) in [4.78, 5) is 31.9. The Bertz CT molecular complexity index is 806. The van der Waals surface area contributed by atoms with Gasteiger partial charge in [-0.3, -0.25) is 14.5 Å². The van der Waals surface area contributed by atoms with Gasteiger partial charge in [-0.1, -0.05) is 27.7 Å². The number of piperidine rings is 2. The normalized spacial score (nSPS) is 24.1. The highest BCUT2D eigenvalue weighted by Crippen LogP contribution is 2.49. The summed E-state index contributed by atoms with van der Waals surface area (Å²) in [5.41, 5.74) is 0.0903. The van der Waals surface area contributed by atoms with Crippen molar-refractivity contribution in [3.8, 4) is 0 Å². The summed E-state index contributed by atoms with van der Waals surface area (Å²) in [6.07, 6.45) is 6.23. The second-order valence-corrected chi connectivity index (χ2v) is 10.7. The van der Waals surface area contributed by atoms with E-state index in [0.29, 0.717) is 18.3 Å². The maximum atomic E-state index is 13.1. The number of hydrogen-bond donors (Lipinski definition) is 0. The molecule has 3 saturated heterocycles. The van der Waals surface area contributed by atoms with Gasteiger partial charge in [0.2, 0.25) is 23.6 Å².